The first-order chi connectivity index (χ1) is 6.32. The van der Waals surface area contributed by atoms with Crippen molar-refractivity contribution in [2.75, 3.05) is 0 Å². The molecule has 0 N–H and O–H groups in total. The largest absolute Gasteiger partial charge is 0.402 e. The Morgan fingerprint density at radius 1 is 1.36 bits per heavy atom. The Morgan fingerprint density at radius 2 is 1.79 bits per heavy atom. The standard InChI is InChI=1S/C7H7F2NO4/c1-7(8,9)6(13)14-10-4(11)2-3-5(10)12/h2-3H2,1H3. The monoisotopic (exact) mass is 207 g/mol. The SMILES string of the molecule is CC(F)(F)C(=O)ON1C(=O)CCC1=O. The van der Waals surface area contributed by atoms with Crippen LogP contribution < -0.4 is 0 Å². The highest BCUT2D eigenvalue weighted by molar-refractivity contribution is 6.01. The van der Waals surface area contributed by atoms with Gasteiger partial charge < -0.3 is 4.84 Å². The van der Waals surface area contributed by atoms with Crippen LogP contribution in [0, 0.1) is 0 Å². The van der Waals surface area contributed by atoms with E-state index in [4.69, 9.17) is 0 Å². The molecule has 1 fully saturated rings. The van der Waals surface area contributed by atoms with Crippen LogP contribution in [-0.2, 0) is 19.2 Å². The van der Waals surface area contributed by atoms with E-state index in [-0.39, 0.29) is 17.9 Å². The second-order valence-corrected chi connectivity index (χ2v) is 2.85. The minimum Gasteiger partial charge on any atom is -0.324 e. The van der Waals surface area contributed by atoms with Gasteiger partial charge in [0.1, 0.15) is 0 Å². The third kappa shape index (κ3) is 2.04. The summed E-state index contributed by atoms with van der Waals surface area (Å²) in [5.74, 6) is -7.20. The van der Waals surface area contributed by atoms with Crippen LogP contribution in [0.3, 0.4) is 0 Å². The highest BCUT2D eigenvalue weighted by Crippen LogP contribution is 2.18. The van der Waals surface area contributed by atoms with Crippen LogP contribution in [0.4, 0.5) is 8.78 Å². The van der Waals surface area contributed by atoms with Crippen LogP contribution in [0.2, 0.25) is 0 Å². The summed E-state index contributed by atoms with van der Waals surface area (Å²) < 4.78 is 24.6. The van der Waals surface area contributed by atoms with Crippen molar-refractivity contribution in [1.82, 2.24) is 5.06 Å². The number of halogens is 2. The highest BCUT2D eigenvalue weighted by atomic mass is 19.3. The van der Waals surface area contributed by atoms with Gasteiger partial charge in [-0.15, -0.1) is 5.06 Å². The molecule has 1 saturated heterocycles. The molecule has 0 radical (unpaired) electrons. The van der Waals surface area contributed by atoms with Crippen molar-refractivity contribution in [2.45, 2.75) is 25.7 Å². The van der Waals surface area contributed by atoms with Crippen LogP contribution in [-0.4, -0.2) is 28.8 Å². The van der Waals surface area contributed by atoms with E-state index < -0.39 is 23.7 Å². The number of hydrogen-bond acceptors (Lipinski definition) is 4. The number of imide groups is 1. The fraction of sp³-hybridized carbons (Fsp3) is 0.571. The number of carbonyl (C=O) groups excluding carboxylic acids is 3. The van der Waals surface area contributed by atoms with E-state index >= 15 is 0 Å². The molecule has 0 unspecified atom stereocenters. The van der Waals surface area contributed by atoms with Crippen molar-refractivity contribution in [2.24, 2.45) is 0 Å². The third-order valence-electron chi connectivity index (χ3n) is 1.54. The van der Waals surface area contributed by atoms with Crippen molar-refractivity contribution < 1.29 is 28.0 Å². The lowest BCUT2D eigenvalue weighted by Crippen LogP contribution is -2.38. The third-order valence-corrected chi connectivity index (χ3v) is 1.54. The number of hydrogen-bond donors (Lipinski definition) is 0. The van der Waals surface area contributed by atoms with E-state index in [0.29, 0.717) is 6.92 Å². The van der Waals surface area contributed by atoms with Crippen molar-refractivity contribution in [3.8, 4) is 0 Å². The summed E-state index contributed by atoms with van der Waals surface area (Å²) in [5.41, 5.74) is 0. The predicted molar refractivity (Wildman–Crippen MR) is 37.8 cm³/mol. The molecule has 14 heavy (non-hydrogen) atoms. The van der Waals surface area contributed by atoms with E-state index in [0.717, 1.165) is 0 Å². The summed E-state index contributed by atoms with van der Waals surface area (Å²) in [4.78, 5) is 36.2. The highest BCUT2D eigenvalue weighted by Gasteiger charge is 2.41. The molecule has 7 heteroatoms. The van der Waals surface area contributed by atoms with E-state index in [2.05, 4.69) is 4.84 Å². The van der Waals surface area contributed by atoms with E-state index in [1.54, 1.807) is 0 Å². The Kier molecular flexibility index (Phi) is 2.50. The Hall–Kier alpha value is -1.53. The molecule has 1 aliphatic heterocycles. The molecule has 0 aromatic heterocycles. The van der Waals surface area contributed by atoms with Gasteiger partial charge in [-0.3, -0.25) is 9.59 Å². The predicted octanol–water partition coefficient (Wildman–Crippen LogP) is 0.249. The maximum absolute atomic E-state index is 12.3. The Balaban J connectivity index is 2.65. The van der Waals surface area contributed by atoms with Gasteiger partial charge in [0.2, 0.25) is 0 Å². The van der Waals surface area contributed by atoms with Crippen molar-refractivity contribution in [1.29, 1.82) is 0 Å². The van der Waals surface area contributed by atoms with Crippen LogP contribution in [0.5, 0.6) is 0 Å². The zero-order valence-corrected chi connectivity index (χ0v) is 7.25. The lowest BCUT2D eigenvalue weighted by molar-refractivity contribution is -0.213. The normalized spacial score (nSPS) is 17.5. The minimum atomic E-state index is -3.72. The van der Waals surface area contributed by atoms with Crippen LogP contribution in [0.25, 0.3) is 0 Å². The van der Waals surface area contributed by atoms with Gasteiger partial charge in [0.05, 0.1) is 0 Å². The number of hydroxylamine groups is 2. The molecular formula is C7H7F2NO4. The van der Waals surface area contributed by atoms with E-state index in [9.17, 15) is 23.2 Å². The number of alkyl halides is 2. The smallest absolute Gasteiger partial charge is 0.324 e. The zero-order valence-electron chi connectivity index (χ0n) is 7.25. The first kappa shape index (κ1) is 10.6. The summed E-state index contributed by atoms with van der Waals surface area (Å²) in [7, 11) is 0. The summed E-state index contributed by atoms with van der Waals surface area (Å²) in [6.07, 6.45) is -0.247. The lowest BCUT2D eigenvalue weighted by atomic mass is 10.4. The molecule has 0 atom stereocenters. The Morgan fingerprint density at radius 3 is 2.14 bits per heavy atom. The number of amides is 2. The molecular weight excluding hydrogens is 200 g/mol. The van der Waals surface area contributed by atoms with Gasteiger partial charge in [-0.2, -0.15) is 8.78 Å². The summed E-state index contributed by atoms with van der Waals surface area (Å²) in [6, 6.07) is 0. The molecule has 78 valence electrons. The maximum atomic E-state index is 12.3. The summed E-state index contributed by atoms with van der Waals surface area (Å²) >= 11 is 0. The van der Waals surface area contributed by atoms with Gasteiger partial charge in [-0.1, -0.05) is 0 Å². The van der Waals surface area contributed by atoms with Gasteiger partial charge in [-0.05, 0) is 0 Å². The lowest BCUT2D eigenvalue weighted by Gasteiger charge is -2.15. The number of carbonyl (C=O) groups is 3. The fourth-order valence-electron chi connectivity index (χ4n) is 0.821. The molecule has 0 bridgehead atoms. The average molecular weight is 207 g/mol. The Bertz CT molecular complexity index is 281. The summed E-state index contributed by atoms with van der Waals surface area (Å²) in [6.45, 7) is 0.320. The molecule has 5 nitrogen and oxygen atoms in total. The zero-order chi connectivity index (χ0) is 10.9. The van der Waals surface area contributed by atoms with Crippen molar-refractivity contribution >= 4 is 17.8 Å². The van der Waals surface area contributed by atoms with Gasteiger partial charge >= 0.3 is 11.9 Å². The molecule has 0 spiro atoms. The average Bonchev–Trinajstić information content (AvgIpc) is 2.34. The minimum absolute atomic E-state index is 0.0831. The van der Waals surface area contributed by atoms with Gasteiger partial charge in [0, 0.05) is 19.8 Å². The number of rotatable bonds is 2. The maximum Gasteiger partial charge on any atom is 0.402 e. The van der Waals surface area contributed by atoms with Crippen LogP contribution in [0.15, 0.2) is 0 Å². The topological polar surface area (TPSA) is 63.7 Å². The molecule has 0 saturated carbocycles. The van der Waals surface area contributed by atoms with Crippen molar-refractivity contribution in [3.05, 3.63) is 0 Å². The van der Waals surface area contributed by atoms with Crippen LogP contribution >= 0.6 is 0 Å². The summed E-state index contributed by atoms with van der Waals surface area (Å²) in [5, 5.41) is 0.0831. The molecule has 0 aromatic rings. The fourth-order valence-corrected chi connectivity index (χ4v) is 0.821. The number of nitrogens with zero attached hydrogens (tertiary/aromatic N) is 1. The second kappa shape index (κ2) is 3.32. The molecule has 2 amide bonds. The Labute approximate surface area is 77.6 Å². The van der Waals surface area contributed by atoms with Gasteiger partial charge in [-0.25, -0.2) is 4.79 Å². The van der Waals surface area contributed by atoms with E-state index in [1.165, 1.54) is 0 Å². The quantitative estimate of drug-likeness (QED) is 0.609. The van der Waals surface area contributed by atoms with Gasteiger partial charge in [0.15, 0.2) is 0 Å². The van der Waals surface area contributed by atoms with Crippen molar-refractivity contribution in [3.63, 3.8) is 0 Å². The first-order valence-corrected chi connectivity index (χ1v) is 3.78. The molecule has 1 rings (SSSR count). The first-order valence-electron chi connectivity index (χ1n) is 3.78. The molecule has 1 aliphatic rings. The molecule has 0 aromatic carbocycles. The molecule has 1 heterocycles. The molecule has 0 aliphatic carbocycles. The van der Waals surface area contributed by atoms with Crippen LogP contribution in [0.1, 0.15) is 19.8 Å². The van der Waals surface area contributed by atoms with Gasteiger partial charge in [0.25, 0.3) is 11.8 Å². The second-order valence-electron chi connectivity index (χ2n) is 2.85. The van der Waals surface area contributed by atoms with E-state index in [1.807, 2.05) is 0 Å².